The zero-order chi connectivity index (χ0) is 13.8. The van der Waals surface area contributed by atoms with E-state index in [1.807, 2.05) is 0 Å². The maximum absolute atomic E-state index is 11.2. The summed E-state index contributed by atoms with van der Waals surface area (Å²) < 4.78 is 0. The van der Waals surface area contributed by atoms with Crippen LogP contribution in [0.15, 0.2) is 24.5 Å². The van der Waals surface area contributed by atoms with Gasteiger partial charge in [-0.15, -0.1) is 0 Å². The van der Waals surface area contributed by atoms with Crippen LogP contribution in [-0.4, -0.2) is 34.4 Å². The third-order valence-electron chi connectivity index (χ3n) is 2.52. The average Bonchev–Trinajstić information content (AvgIpc) is 2.43. The topological polar surface area (TPSA) is 110 Å². The summed E-state index contributed by atoms with van der Waals surface area (Å²) in [4.78, 5) is 29.4. The summed E-state index contributed by atoms with van der Waals surface area (Å²) in [7, 11) is 1.52. The number of nitro groups is 1. The molecule has 8 nitrogen and oxygen atoms in total. The largest absolute Gasteiger partial charge is 0.360 e. The molecule has 0 aliphatic heterocycles. The average molecular weight is 261 g/mol. The molecule has 1 aromatic carbocycles. The number of nitrogens with one attached hydrogen (secondary N) is 2. The Kier molecular flexibility index (Phi) is 3.51. The monoisotopic (exact) mass is 261 g/mol. The van der Waals surface area contributed by atoms with Gasteiger partial charge in [0, 0.05) is 24.6 Å². The molecule has 0 unspecified atom stereocenters. The molecule has 1 aromatic heterocycles. The van der Waals surface area contributed by atoms with Crippen LogP contribution >= 0.6 is 0 Å². The highest BCUT2D eigenvalue weighted by atomic mass is 16.6. The number of hydrogen-bond acceptors (Lipinski definition) is 6. The fourth-order valence-corrected chi connectivity index (χ4v) is 1.55. The van der Waals surface area contributed by atoms with Gasteiger partial charge in [0.15, 0.2) is 0 Å². The Morgan fingerprint density at radius 1 is 1.42 bits per heavy atom. The SMILES string of the molecule is CNC(=O)CNc1ncnc2ccc([N+](=O)[O-])cc12. The summed E-state index contributed by atoms with van der Waals surface area (Å²) in [5.41, 5.74) is 0.519. The van der Waals surface area contributed by atoms with Crippen LogP contribution in [0.4, 0.5) is 11.5 Å². The zero-order valence-electron chi connectivity index (χ0n) is 10.1. The second-order valence-corrected chi connectivity index (χ2v) is 3.71. The molecule has 2 rings (SSSR count). The van der Waals surface area contributed by atoms with Crippen molar-refractivity contribution in [2.24, 2.45) is 0 Å². The number of carbonyl (C=O) groups is 1. The second kappa shape index (κ2) is 5.25. The van der Waals surface area contributed by atoms with Crippen LogP contribution in [0.1, 0.15) is 0 Å². The summed E-state index contributed by atoms with van der Waals surface area (Å²) in [6.07, 6.45) is 1.33. The molecule has 0 bridgehead atoms. The molecule has 0 fully saturated rings. The molecule has 0 spiro atoms. The predicted octanol–water partition coefficient (Wildman–Crippen LogP) is 0.696. The Bertz CT molecular complexity index is 643. The van der Waals surface area contributed by atoms with E-state index in [0.29, 0.717) is 16.7 Å². The first-order valence-corrected chi connectivity index (χ1v) is 5.45. The van der Waals surface area contributed by atoms with Crippen molar-refractivity contribution in [1.29, 1.82) is 0 Å². The van der Waals surface area contributed by atoms with Crippen molar-refractivity contribution in [1.82, 2.24) is 15.3 Å². The standard InChI is InChI=1S/C11H11N5O3/c1-12-10(17)5-13-11-8-4-7(16(18)19)2-3-9(8)14-6-15-11/h2-4,6H,5H2,1H3,(H,12,17)(H,13,14,15). The van der Waals surface area contributed by atoms with Crippen molar-refractivity contribution < 1.29 is 9.72 Å². The summed E-state index contributed by atoms with van der Waals surface area (Å²) in [6.45, 7) is 0.0330. The van der Waals surface area contributed by atoms with Gasteiger partial charge in [-0.1, -0.05) is 0 Å². The normalized spacial score (nSPS) is 10.2. The lowest BCUT2D eigenvalue weighted by Gasteiger charge is -2.07. The van der Waals surface area contributed by atoms with E-state index in [4.69, 9.17) is 0 Å². The highest BCUT2D eigenvalue weighted by Gasteiger charge is 2.11. The van der Waals surface area contributed by atoms with E-state index in [0.717, 1.165) is 0 Å². The second-order valence-electron chi connectivity index (χ2n) is 3.71. The van der Waals surface area contributed by atoms with E-state index < -0.39 is 4.92 Å². The van der Waals surface area contributed by atoms with Crippen LogP contribution in [0.2, 0.25) is 0 Å². The molecule has 0 aliphatic carbocycles. The molecule has 8 heteroatoms. The van der Waals surface area contributed by atoms with Gasteiger partial charge in [-0.2, -0.15) is 0 Å². The lowest BCUT2D eigenvalue weighted by Crippen LogP contribution is -2.26. The Morgan fingerprint density at radius 2 is 2.21 bits per heavy atom. The molecule has 19 heavy (non-hydrogen) atoms. The molecule has 1 amide bonds. The molecule has 2 N–H and O–H groups in total. The number of benzene rings is 1. The van der Waals surface area contributed by atoms with Gasteiger partial charge < -0.3 is 10.6 Å². The van der Waals surface area contributed by atoms with Crippen LogP contribution in [0.3, 0.4) is 0 Å². The maximum atomic E-state index is 11.2. The van der Waals surface area contributed by atoms with Crippen molar-refractivity contribution in [3.05, 3.63) is 34.6 Å². The van der Waals surface area contributed by atoms with Gasteiger partial charge in [-0.25, -0.2) is 9.97 Å². The van der Waals surface area contributed by atoms with Gasteiger partial charge in [0.1, 0.15) is 12.1 Å². The molecule has 0 saturated carbocycles. The van der Waals surface area contributed by atoms with E-state index in [-0.39, 0.29) is 18.1 Å². The van der Waals surface area contributed by atoms with Gasteiger partial charge in [0.05, 0.1) is 17.0 Å². The molecule has 0 atom stereocenters. The smallest absolute Gasteiger partial charge is 0.270 e. The van der Waals surface area contributed by atoms with Gasteiger partial charge in [0.25, 0.3) is 5.69 Å². The minimum atomic E-state index is -0.491. The Morgan fingerprint density at radius 3 is 2.89 bits per heavy atom. The first-order chi connectivity index (χ1) is 9.11. The van der Waals surface area contributed by atoms with Crippen molar-refractivity contribution in [2.45, 2.75) is 0 Å². The minimum Gasteiger partial charge on any atom is -0.360 e. The number of non-ortho nitro benzene ring substituents is 1. The maximum Gasteiger partial charge on any atom is 0.270 e. The number of fused-ring (bicyclic) bond motifs is 1. The number of nitrogens with zero attached hydrogens (tertiary/aromatic N) is 3. The van der Waals surface area contributed by atoms with E-state index in [1.165, 1.54) is 25.5 Å². The van der Waals surface area contributed by atoms with Crippen molar-refractivity contribution in [3.63, 3.8) is 0 Å². The Balaban J connectivity index is 2.39. The molecular formula is C11H11N5O3. The summed E-state index contributed by atoms with van der Waals surface area (Å²) in [5, 5.41) is 16.5. The number of anilines is 1. The van der Waals surface area contributed by atoms with Gasteiger partial charge in [-0.05, 0) is 6.07 Å². The highest BCUT2D eigenvalue weighted by Crippen LogP contribution is 2.23. The quantitative estimate of drug-likeness (QED) is 0.619. The molecule has 98 valence electrons. The number of nitro benzene ring substituents is 1. The van der Waals surface area contributed by atoms with Crippen LogP contribution in [0, 0.1) is 10.1 Å². The molecular weight excluding hydrogens is 250 g/mol. The number of hydrogen-bond donors (Lipinski definition) is 2. The summed E-state index contributed by atoms with van der Waals surface area (Å²) in [5.74, 6) is 0.175. The molecule has 0 radical (unpaired) electrons. The van der Waals surface area contributed by atoms with Crippen LogP contribution in [0.5, 0.6) is 0 Å². The van der Waals surface area contributed by atoms with E-state index in [9.17, 15) is 14.9 Å². The van der Waals surface area contributed by atoms with Crippen LogP contribution < -0.4 is 10.6 Å². The van der Waals surface area contributed by atoms with Crippen molar-refractivity contribution in [2.75, 3.05) is 18.9 Å². The third-order valence-corrected chi connectivity index (χ3v) is 2.52. The van der Waals surface area contributed by atoms with Crippen LogP contribution in [-0.2, 0) is 4.79 Å². The summed E-state index contributed by atoms with van der Waals surface area (Å²) in [6, 6.07) is 4.29. The van der Waals surface area contributed by atoms with Crippen molar-refractivity contribution in [3.8, 4) is 0 Å². The first-order valence-electron chi connectivity index (χ1n) is 5.45. The van der Waals surface area contributed by atoms with Gasteiger partial charge >= 0.3 is 0 Å². The Hall–Kier alpha value is -2.77. The molecule has 1 heterocycles. The summed E-state index contributed by atoms with van der Waals surface area (Å²) >= 11 is 0. The molecule has 2 aromatic rings. The van der Waals surface area contributed by atoms with Gasteiger partial charge in [0.2, 0.25) is 5.91 Å². The Labute approximate surface area is 108 Å². The lowest BCUT2D eigenvalue weighted by atomic mass is 10.2. The van der Waals surface area contributed by atoms with E-state index in [1.54, 1.807) is 6.07 Å². The predicted molar refractivity (Wildman–Crippen MR) is 68.7 cm³/mol. The fourth-order valence-electron chi connectivity index (χ4n) is 1.55. The highest BCUT2D eigenvalue weighted by molar-refractivity contribution is 5.92. The van der Waals surface area contributed by atoms with E-state index >= 15 is 0 Å². The lowest BCUT2D eigenvalue weighted by molar-refractivity contribution is -0.384. The number of amides is 1. The van der Waals surface area contributed by atoms with Crippen molar-refractivity contribution >= 4 is 28.3 Å². The number of carbonyl (C=O) groups excluding carboxylic acids is 1. The first kappa shape index (κ1) is 12.7. The third kappa shape index (κ3) is 2.73. The zero-order valence-corrected chi connectivity index (χ0v) is 10.1. The van der Waals surface area contributed by atoms with Crippen LogP contribution in [0.25, 0.3) is 10.9 Å². The minimum absolute atomic E-state index is 0.0330. The number of rotatable bonds is 4. The fraction of sp³-hybridized carbons (Fsp3) is 0.182. The van der Waals surface area contributed by atoms with E-state index in [2.05, 4.69) is 20.6 Å². The molecule has 0 aliphatic rings. The number of aromatic nitrogens is 2. The van der Waals surface area contributed by atoms with Gasteiger partial charge in [-0.3, -0.25) is 14.9 Å². The molecule has 0 saturated heterocycles. The number of likely N-dealkylation sites (N-methyl/N-ethyl adjacent to an activating group) is 1.